The molecule has 0 fully saturated rings. The summed E-state index contributed by atoms with van der Waals surface area (Å²) in [5.74, 6) is 0. The number of hydrogen-bond acceptors (Lipinski definition) is 7. The lowest BCUT2D eigenvalue weighted by molar-refractivity contribution is -0.137. The summed E-state index contributed by atoms with van der Waals surface area (Å²) in [7, 11) is 0. The molecule has 0 bridgehead atoms. The molecule has 0 radical (unpaired) electrons. The van der Waals surface area contributed by atoms with Crippen LogP contribution < -0.4 is 37.9 Å². The van der Waals surface area contributed by atoms with Crippen LogP contribution in [0.4, 0.5) is 53.0 Å². The number of nitrogens with one attached hydrogen (secondary N) is 7. The first-order valence-corrected chi connectivity index (χ1v) is 15.4. The SMILES string of the molecule is CCC(C)Nc1ccc(NNc2ccc(NNc3ccc(NNc4ccc(C(F)(F)F)cc4)cc3)c3ccccc23)c2ccccc12. The Morgan fingerprint density at radius 1 is 0.468 bits per heavy atom. The highest BCUT2D eigenvalue weighted by molar-refractivity contribution is 6.04. The molecule has 0 saturated carbocycles. The molecule has 0 aliphatic heterocycles. The van der Waals surface area contributed by atoms with Crippen LogP contribution in [-0.4, -0.2) is 6.04 Å². The van der Waals surface area contributed by atoms with E-state index in [1.807, 2.05) is 54.6 Å². The van der Waals surface area contributed by atoms with Crippen LogP contribution in [0.5, 0.6) is 0 Å². The fraction of sp³-hybridized carbons (Fsp3) is 0.135. The van der Waals surface area contributed by atoms with Crippen LogP contribution in [0, 0.1) is 0 Å². The van der Waals surface area contributed by atoms with Crippen LogP contribution in [0.25, 0.3) is 21.5 Å². The van der Waals surface area contributed by atoms with Crippen LogP contribution in [0.2, 0.25) is 0 Å². The molecule has 240 valence electrons. The highest BCUT2D eigenvalue weighted by Crippen LogP contribution is 2.34. The van der Waals surface area contributed by atoms with Crippen LogP contribution in [0.1, 0.15) is 25.8 Å². The number of anilines is 7. The fourth-order valence-corrected chi connectivity index (χ4v) is 5.22. The lowest BCUT2D eigenvalue weighted by atomic mass is 10.1. The molecule has 0 heterocycles. The normalized spacial score (nSPS) is 11.9. The Labute approximate surface area is 271 Å². The highest BCUT2D eigenvalue weighted by Gasteiger charge is 2.29. The Kier molecular flexibility index (Phi) is 9.10. The molecule has 1 unspecified atom stereocenters. The van der Waals surface area contributed by atoms with E-state index in [1.54, 1.807) is 0 Å². The molecule has 0 aromatic heterocycles. The molecule has 0 saturated heterocycles. The topological polar surface area (TPSA) is 84.2 Å². The zero-order valence-corrected chi connectivity index (χ0v) is 26.0. The predicted octanol–water partition coefficient (Wildman–Crippen LogP) is 10.5. The van der Waals surface area contributed by atoms with Crippen molar-refractivity contribution in [2.24, 2.45) is 0 Å². The Morgan fingerprint density at radius 3 is 1.21 bits per heavy atom. The van der Waals surface area contributed by atoms with Gasteiger partial charge in [0.2, 0.25) is 0 Å². The molecule has 0 amide bonds. The second-order valence-electron chi connectivity index (χ2n) is 11.3. The molecular formula is C37H36F3N7. The average molecular weight is 636 g/mol. The van der Waals surface area contributed by atoms with Gasteiger partial charge in [0.15, 0.2) is 0 Å². The van der Waals surface area contributed by atoms with Crippen molar-refractivity contribution in [3.05, 3.63) is 127 Å². The number of hydrogen-bond donors (Lipinski definition) is 7. The molecular weight excluding hydrogens is 599 g/mol. The van der Waals surface area contributed by atoms with E-state index < -0.39 is 11.7 Å². The van der Waals surface area contributed by atoms with Crippen LogP contribution in [-0.2, 0) is 6.18 Å². The first-order chi connectivity index (χ1) is 22.8. The van der Waals surface area contributed by atoms with E-state index in [4.69, 9.17) is 0 Å². The molecule has 10 heteroatoms. The Balaban J connectivity index is 1.10. The second-order valence-corrected chi connectivity index (χ2v) is 11.3. The summed E-state index contributed by atoms with van der Waals surface area (Å²) in [6, 6.07) is 37.5. The van der Waals surface area contributed by atoms with Gasteiger partial charge in [-0.05, 0) is 86.1 Å². The molecule has 7 N–H and O–H groups in total. The Hall–Kier alpha value is -5.77. The molecule has 6 rings (SSSR count). The summed E-state index contributed by atoms with van der Waals surface area (Å²) >= 11 is 0. The minimum atomic E-state index is -4.36. The first-order valence-electron chi connectivity index (χ1n) is 15.4. The third kappa shape index (κ3) is 7.38. The number of hydrazine groups is 3. The van der Waals surface area contributed by atoms with Crippen molar-refractivity contribution >= 4 is 61.4 Å². The van der Waals surface area contributed by atoms with E-state index in [0.29, 0.717) is 11.7 Å². The van der Waals surface area contributed by atoms with Crippen LogP contribution >= 0.6 is 0 Å². The van der Waals surface area contributed by atoms with Crippen molar-refractivity contribution in [1.82, 2.24) is 0 Å². The molecule has 1 atom stereocenters. The van der Waals surface area contributed by atoms with E-state index in [-0.39, 0.29) is 0 Å². The molecule has 7 nitrogen and oxygen atoms in total. The lowest BCUT2D eigenvalue weighted by Gasteiger charge is -2.19. The van der Waals surface area contributed by atoms with Gasteiger partial charge in [-0.25, -0.2) is 0 Å². The van der Waals surface area contributed by atoms with Gasteiger partial charge in [-0.15, -0.1) is 0 Å². The number of alkyl halides is 3. The van der Waals surface area contributed by atoms with Gasteiger partial charge in [-0.2, -0.15) is 13.2 Å². The minimum Gasteiger partial charge on any atom is -0.382 e. The third-order valence-electron chi connectivity index (χ3n) is 7.98. The molecule has 6 aromatic rings. The molecule has 6 aromatic carbocycles. The summed E-state index contributed by atoms with van der Waals surface area (Å²) < 4.78 is 38.4. The maximum Gasteiger partial charge on any atom is 0.416 e. The number of fused-ring (bicyclic) bond motifs is 2. The number of rotatable bonds is 12. The van der Waals surface area contributed by atoms with Gasteiger partial charge >= 0.3 is 6.18 Å². The van der Waals surface area contributed by atoms with Gasteiger partial charge in [0.25, 0.3) is 0 Å². The predicted molar refractivity (Wildman–Crippen MR) is 191 cm³/mol. The third-order valence-corrected chi connectivity index (χ3v) is 7.98. The van der Waals surface area contributed by atoms with Gasteiger partial charge in [0.1, 0.15) is 0 Å². The number of benzene rings is 6. The van der Waals surface area contributed by atoms with Gasteiger partial charge in [0, 0.05) is 33.3 Å². The zero-order chi connectivity index (χ0) is 32.8. The van der Waals surface area contributed by atoms with Crippen molar-refractivity contribution in [2.75, 3.05) is 37.9 Å². The second kappa shape index (κ2) is 13.7. The van der Waals surface area contributed by atoms with Crippen LogP contribution in [0.3, 0.4) is 0 Å². The summed E-state index contributed by atoms with van der Waals surface area (Å²) in [6.45, 7) is 4.36. The van der Waals surface area contributed by atoms with E-state index in [2.05, 4.69) is 94.2 Å². The molecule has 0 aliphatic carbocycles. The molecule has 47 heavy (non-hydrogen) atoms. The van der Waals surface area contributed by atoms with Crippen LogP contribution in [0.15, 0.2) is 121 Å². The maximum atomic E-state index is 12.8. The van der Waals surface area contributed by atoms with Crippen molar-refractivity contribution in [3.63, 3.8) is 0 Å². The van der Waals surface area contributed by atoms with Gasteiger partial charge in [-0.1, -0.05) is 55.5 Å². The monoisotopic (exact) mass is 635 g/mol. The Morgan fingerprint density at radius 2 is 0.809 bits per heavy atom. The summed E-state index contributed by atoms with van der Waals surface area (Å²) in [5, 5.41) is 7.97. The summed E-state index contributed by atoms with van der Waals surface area (Å²) in [5.41, 5.74) is 24.7. The molecule has 0 spiro atoms. The maximum absolute atomic E-state index is 12.8. The fourth-order valence-electron chi connectivity index (χ4n) is 5.22. The first kappa shape index (κ1) is 31.2. The summed E-state index contributed by atoms with van der Waals surface area (Å²) in [4.78, 5) is 0. The van der Waals surface area contributed by atoms with Crippen molar-refractivity contribution in [1.29, 1.82) is 0 Å². The van der Waals surface area contributed by atoms with E-state index in [0.717, 1.165) is 74.2 Å². The van der Waals surface area contributed by atoms with Gasteiger partial charge < -0.3 is 37.9 Å². The lowest BCUT2D eigenvalue weighted by Crippen LogP contribution is -2.14. The van der Waals surface area contributed by atoms with Gasteiger partial charge in [-0.3, -0.25) is 0 Å². The quantitative estimate of drug-likeness (QED) is 0.0674. The highest BCUT2D eigenvalue weighted by atomic mass is 19.4. The smallest absolute Gasteiger partial charge is 0.382 e. The Bertz CT molecular complexity index is 1960. The number of halogens is 3. The van der Waals surface area contributed by atoms with Gasteiger partial charge in [0.05, 0.1) is 39.7 Å². The van der Waals surface area contributed by atoms with E-state index >= 15 is 0 Å². The summed E-state index contributed by atoms with van der Waals surface area (Å²) in [6.07, 6.45) is -3.32. The average Bonchev–Trinajstić information content (AvgIpc) is 3.10. The van der Waals surface area contributed by atoms with E-state index in [9.17, 15) is 13.2 Å². The van der Waals surface area contributed by atoms with E-state index in [1.165, 1.54) is 12.1 Å². The van der Waals surface area contributed by atoms with Crippen molar-refractivity contribution < 1.29 is 13.2 Å². The van der Waals surface area contributed by atoms with Crippen molar-refractivity contribution in [2.45, 2.75) is 32.5 Å². The zero-order valence-electron chi connectivity index (χ0n) is 26.0. The molecule has 0 aliphatic rings. The minimum absolute atomic E-state index is 0.380. The van der Waals surface area contributed by atoms with Crippen molar-refractivity contribution in [3.8, 4) is 0 Å². The standard InChI is InChI=1S/C37H36F3N7/c1-3-24(2)41-33-20-21-35(30-9-5-4-8-29(30)33)46-47-36-23-22-34(31-10-6-7-11-32(31)36)45-44-28-18-16-27(17-19-28)43-42-26-14-12-25(13-15-26)37(38,39)40/h4-24,41-47H,3H2,1-2H3. The largest absolute Gasteiger partial charge is 0.416 e.